The number of aromatic nitrogens is 5. The molecule has 0 aromatic carbocycles. The maximum atomic E-state index is 15.3. The molecule has 0 unspecified atom stereocenters. The number of carboxylic acids is 1. The zero-order chi connectivity index (χ0) is 33.2. The van der Waals surface area contributed by atoms with Crippen LogP contribution in [0, 0.1) is 13.8 Å². The molecular formula is C29H19F6N5O4S2. The number of aryl methyl sites for hydroxylation is 2. The molecule has 6 rings (SSSR count). The van der Waals surface area contributed by atoms with Crippen LogP contribution in [0.5, 0.6) is 0 Å². The van der Waals surface area contributed by atoms with E-state index in [1.807, 2.05) is 0 Å². The number of ether oxygens (including phenoxy) is 1. The molecule has 0 bridgehead atoms. The summed E-state index contributed by atoms with van der Waals surface area (Å²) in [5.41, 5.74) is -4.40. The van der Waals surface area contributed by atoms with Crippen LogP contribution in [0.4, 0.5) is 26.3 Å². The van der Waals surface area contributed by atoms with Crippen molar-refractivity contribution in [3.05, 3.63) is 97.4 Å². The number of carboxylic acid groups (broad SMARTS) is 1. The summed E-state index contributed by atoms with van der Waals surface area (Å²) in [6.45, 7) is 2.03. The van der Waals surface area contributed by atoms with E-state index < -0.39 is 56.9 Å². The topological polar surface area (TPSA) is 112 Å². The van der Waals surface area contributed by atoms with Gasteiger partial charge in [-0.2, -0.15) is 36.5 Å². The van der Waals surface area contributed by atoms with Crippen molar-refractivity contribution in [3.8, 4) is 11.6 Å². The van der Waals surface area contributed by atoms with Gasteiger partial charge in [0.15, 0.2) is 11.6 Å². The Hall–Kier alpha value is -4.77. The Bertz CT molecular complexity index is 1960. The van der Waals surface area contributed by atoms with E-state index in [1.165, 1.54) is 35.6 Å². The predicted molar refractivity (Wildman–Crippen MR) is 154 cm³/mol. The maximum Gasteiger partial charge on any atom is 0.380 e. The third kappa shape index (κ3) is 4.89. The van der Waals surface area contributed by atoms with E-state index >= 15 is 17.6 Å². The van der Waals surface area contributed by atoms with Crippen molar-refractivity contribution in [2.24, 2.45) is 0 Å². The van der Waals surface area contributed by atoms with Crippen LogP contribution in [0.15, 0.2) is 61.2 Å². The highest BCUT2D eigenvalue weighted by molar-refractivity contribution is 7.14. The third-order valence-electron chi connectivity index (χ3n) is 7.16. The summed E-state index contributed by atoms with van der Waals surface area (Å²) in [6, 6.07) is 7.97. The van der Waals surface area contributed by atoms with E-state index in [0.29, 0.717) is 45.9 Å². The molecule has 5 aromatic heterocycles. The number of thiophene rings is 2. The summed E-state index contributed by atoms with van der Waals surface area (Å²) in [4.78, 5) is 27.9. The lowest BCUT2D eigenvalue weighted by molar-refractivity contribution is -0.254. The fourth-order valence-electron chi connectivity index (χ4n) is 5.00. The number of hydrogen-bond donors (Lipinski definition) is 1. The fourth-order valence-corrected chi connectivity index (χ4v) is 6.79. The second-order valence-electron chi connectivity index (χ2n) is 10.1. The summed E-state index contributed by atoms with van der Waals surface area (Å²) >= 11 is 1.08. The van der Waals surface area contributed by atoms with E-state index in [1.54, 1.807) is 36.7 Å². The van der Waals surface area contributed by atoms with Crippen LogP contribution in [0.1, 0.15) is 45.8 Å². The molecule has 0 aliphatic heterocycles. The molecule has 17 heteroatoms. The molecule has 1 aliphatic carbocycles. The average molecular weight is 680 g/mol. The standard InChI is InChI=1S/C29H19F6N5O4S2/c1-14-17(11-19(45-14)25(41)42)23-24(28(32,33)29(34,35)27(23,30)31)18-12-20(46-15(18)2)26(43)44-13-16-9-21(39-7-3-5-36-39)38-22(10-16)40-8-4-6-37-40/h3-12H,13H2,1-2H3,(H,41,42). The number of nitrogens with zero attached hydrogens (tertiary/aromatic N) is 5. The number of carbonyl (C=O) groups excluding carboxylic acids is 1. The van der Waals surface area contributed by atoms with E-state index in [-0.39, 0.29) is 21.2 Å². The normalized spacial score (nSPS) is 16.6. The Morgan fingerprint density at radius 3 is 1.72 bits per heavy atom. The highest BCUT2D eigenvalue weighted by atomic mass is 32.1. The number of rotatable bonds is 8. The molecule has 1 N–H and O–H groups in total. The van der Waals surface area contributed by atoms with Crippen LogP contribution in [-0.4, -0.2) is 59.4 Å². The molecule has 0 saturated heterocycles. The lowest BCUT2D eigenvalue weighted by Gasteiger charge is -2.25. The molecule has 238 valence electrons. The van der Waals surface area contributed by atoms with Gasteiger partial charge in [0.05, 0.1) is 0 Å². The molecule has 46 heavy (non-hydrogen) atoms. The second-order valence-corrected chi connectivity index (χ2v) is 12.6. The van der Waals surface area contributed by atoms with E-state index in [0.717, 1.165) is 6.07 Å². The molecule has 1 aliphatic rings. The van der Waals surface area contributed by atoms with Crippen LogP contribution in [-0.2, 0) is 11.3 Å². The number of alkyl halides is 6. The number of carbonyl (C=O) groups is 2. The van der Waals surface area contributed by atoms with Crippen LogP contribution in [0.25, 0.3) is 22.8 Å². The highest BCUT2D eigenvalue weighted by Crippen LogP contribution is 2.65. The summed E-state index contributed by atoms with van der Waals surface area (Å²) in [5, 5.41) is 17.6. The monoisotopic (exact) mass is 679 g/mol. The maximum absolute atomic E-state index is 15.3. The van der Waals surface area contributed by atoms with Gasteiger partial charge in [-0.25, -0.2) is 23.9 Å². The van der Waals surface area contributed by atoms with Crippen LogP contribution >= 0.6 is 22.7 Å². The minimum absolute atomic E-state index is 0.134. The van der Waals surface area contributed by atoms with Gasteiger partial charge in [-0.3, -0.25) is 0 Å². The summed E-state index contributed by atoms with van der Waals surface area (Å²) < 4.78 is 99.0. The smallest absolute Gasteiger partial charge is 0.380 e. The first-order valence-corrected chi connectivity index (χ1v) is 14.8. The molecule has 5 heterocycles. The summed E-state index contributed by atoms with van der Waals surface area (Å²) in [5.74, 6) is -18.4. The Kier molecular flexibility index (Phi) is 7.43. The number of pyridine rings is 1. The zero-order valence-corrected chi connectivity index (χ0v) is 25.1. The Labute approximate surface area is 263 Å². The SMILES string of the molecule is Cc1sc(C(=O)O)cc1C1=C(c2cc(C(=O)OCc3cc(-n4cccn4)nc(-n4cccn4)c3)sc2C)C(F)(F)C(F)(F)C1(F)F. The molecule has 0 atom stereocenters. The first-order valence-electron chi connectivity index (χ1n) is 13.1. The van der Waals surface area contributed by atoms with Gasteiger partial charge in [0.1, 0.15) is 16.4 Å². The van der Waals surface area contributed by atoms with Crippen molar-refractivity contribution in [2.75, 3.05) is 0 Å². The summed E-state index contributed by atoms with van der Waals surface area (Å²) in [7, 11) is 0. The lowest BCUT2D eigenvalue weighted by Crippen LogP contribution is -2.48. The molecule has 5 aromatic rings. The molecule has 0 radical (unpaired) electrons. The van der Waals surface area contributed by atoms with Crippen molar-refractivity contribution >= 4 is 45.8 Å². The Morgan fingerprint density at radius 1 is 0.804 bits per heavy atom. The van der Waals surface area contributed by atoms with Gasteiger partial charge in [0.25, 0.3) is 0 Å². The lowest BCUT2D eigenvalue weighted by atomic mass is 9.95. The first kappa shape index (κ1) is 31.2. The Balaban J connectivity index is 1.36. The van der Waals surface area contributed by atoms with Crippen molar-refractivity contribution < 1.29 is 45.8 Å². The van der Waals surface area contributed by atoms with Crippen LogP contribution < -0.4 is 0 Å². The van der Waals surface area contributed by atoms with Crippen molar-refractivity contribution in [3.63, 3.8) is 0 Å². The number of halogens is 6. The molecule has 0 spiro atoms. The van der Waals surface area contributed by atoms with Crippen LogP contribution in [0.2, 0.25) is 0 Å². The van der Waals surface area contributed by atoms with E-state index in [2.05, 4.69) is 15.2 Å². The van der Waals surface area contributed by atoms with Crippen molar-refractivity contribution in [1.82, 2.24) is 24.5 Å². The predicted octanol–water partition coefficient (Wildman–Crippen LogP) is 7.08. The molecule has 0 fully saturated rings. The second kappa shape index (κ2) is 10.9. The minimum atomic E-state index is -5.85. The highest BCUT2D eigenvalue weighted by Gasteiger charge is 2.80. The van der Waals surface area contributed by atoms with Gasteiger partial charge >= 0.3 is 29.7 Å². The molecular weight excluding hydrogens is 660 g/mol. The zero-order valence-electron chi connectivity index (χ0n) is 23.5. The van der Waals surface area contributed by atoms with Gasteiger partial charge in [-0.05, 0) is 66.9 Å². The molecule has 0 saturated carbocycles. The number of allylic oxidation sites excluding steroid dienone is 2. The van der Waals surface area contributed by atoms with Crippen molar-refractivity contribution in [2.45, 2.75) is 38.2 Å². The van der Waals surface area contributed by atoms with Gasteiger partial charge in [0.2, 0.25) is 0 Å². The third-order valence-corrected chi connectivity index (χ3v) is 9.23. The van der Waals surface area contributed by atoms with E-state index in [9.17, 15) is 23.5 Å². The van der Waals surface area contributed by atoms with Gasteiger partial charge in [-0.1, -0.05) is 0 Å². The molecule has 0 amide bonds. The first-order chi connectivity index (χ1) is 21.6. The van der Waals surface area contributed by atoms with Crippen molar-refractivity contribution in [1.29, 1.82) is 0 Å². The number of hydrogen-bond acceptors (Lipinski definition) is 8. The number of esters is 1. The minimum Gasteiger partial charge on any atom is -0.477 e. The average Bonchev–Trinajstić information content (AvgIpc) is 3.82. The van der Waals surface area contributed by atoms with Gasteiger partial charge in [0, 0.05) is 45.7 Å². The van der Waals surface area contributed by atoms with Gasteiger partial charge in [-0.15, -0.1) is 22.7 Å². The Morgan fingerprint density at radius 2 is 1.28 bits per heavy atom. The number of aromatic carboxylic acids is 1. The van der Waals surface area contributed by atoms with E-state index in [4.69, 9.17) is 4.74 Å². The molecule has 9 nitrogen and oxygen atoms in total. The quantitative estimate of drug-likeness (QED) is 0.138. The largest absolute Gasteiger partial charge is 0.477 e. The van der Waals surface area contributed by atoms with Crippen LogP contribution in [0.3, 0.4) is 0 Å². The fraction of sp³-hybridized carbons (Fsp3) is 0.207. The summed E-state index contributed by atoms with van der Waals surface area (Å²) in [6.07, 6.45) is 6.33. The van der Waals surface area contributed by atoms with Gasteiger partial charge < -0.3 is 9.84 Å².